The fraction of sp³-hybridized carbons (Fsp3) is 0.200. The standard InChI is InChI=1S/C25H30N6/c1-17-12-22(30(2)15-18-4-8-20(9-5-18)24(26)27)14-23(13-17)31(3)16-19-6-10-21(11-7-19)25(28)29/h4-14H,15-16H2,1-3H3,(H3,26,27)(H3,28,29). The molecule has 0 aromatic heterocycles. The molecule has 0 radical (unpaired) electrons. The van der Waals surface area contributed by atoms with Gasteiger partial charge in [0.2, 0.25) is 0 Å². The van der Waals surface area contributed by atoms with Crippen LogP contribution in [0.1, 0.15) is 27.8 Å². The van der Waals surface area contributed by atoms with Gasteiger partial charge in [0.05, 0.1) is 0 Å². The molecule has 0 atom stereocenters. The number of nitrogens with zero attached hydrogens (tertiary/aromatic N) is 2. The van der Waals surface area contributed by atoms with E-state index in [9.17, 15) is 0 Å². The molecule has 31 heavy (non-hydrogen) atoms. The number of benzene rings is 3. The molecule has 3 aromatic carbocycles. The van der Waals surface area contributed by atoms with E-state index in [4.69, 9.17) is 22.3 Å². The number of anilines is 2. The first-order chi connectivity index (χ1) is 14.7. The predicted molar refractivity (Wildman–Crippen MR) is 130 cm³/mol. The Kier molecular flexibility index (Phi) is 6.60. The van der Waals surface area contributed by atoms with Gasteiger partial charge in [0.1, 0.15) is 11.7 Å². The van der Waals surface area contributed by atoms with E-state index in [0.29, 0.717) is 0 Å². The summed E-state index contributed by atoms with van der Waals surface area (Å²) in [6.45, 7) is 3.63. The predicted octanol–water partition coefficient (Wildman–Crippen LogP) is 3.84. The highest BCUT2D eigenvalue weighted by molar-refractivity contribution is 5.95. The lowest BCUT2D eigenvalue weighted by Crippen LogP contribution is -2.20. The minimum Gasteiger partial charge on any atom is -0.384 e. The molecule has 6 heteroatoms. The van der Waals surface area contributed by atoms with Crippen LogP contribution in [0.2, 0.25) is 0 Å². The molecule has 0 spiro atoms. The summed E-state index contributed by atoms with van der Waals surface area (Å²) in [5.41, 5.74) is 18.4. The number of rotatable bonds is 8. The van der Waals surface area contributed by atoms with Crippen LogP contribution < -0.4 is 21.3 Å². The van der Waals surface area contributed by atoms with Crippen LogP contribution in [0.25, 0.3) is 0 Å². The first kappa shape index (κ1) is 21.9. The Morgan fingerprint density at radius 3 is 1.35 bits per heavy atom. The molecule has 0 aliphatic rings. The van der Waals surface area contributed by atoms with E-state index in [1.54, 1.807) is 0 Å². The maximum absolute atomic E-state index is 7.53. The van der Waals surface area contributed by atoms with E-state index in [1.807, 2.05) is 48.5 Å². The first-order valence-electron chi connectivity index (χ1n) is 10.1. The van der Waals surface area contributed by atoms with Crippen LogP contribution in [-0.4, -0.2) is 25.8 Å². The highest BCUT2D eigenvalue weighted by Gasteiger charge is 2.09. The molecule has 0 heterocycles. The molecule has 0 saturated carbocycles. The highest BCUT2D eigenvalue weighted by Crippen LogP contribution is 2.26. The minimum absolute atomic E-state index is 0.0854. The summed E-state index contributed by atoms with van der Waals surface area (Å²) in [7, 11) is 4.16. The molecule has 3 aromatic rings. The lowest BCUT2D eigenvalue weighted by atomic mass is 10.1. The number of hydrogen-bond acceptors (Lipinski definition) is 4. The largest absolute Gasteiger partial charge is 0.384 e. The average molecular weight is 415 g/mol. The molecule has 0 aliphatic carbocycles. The second-order valence-corrected chi connectivity index (χ2v) is 7.96. The summed E-state index contributed by atoms with van der Waals surface area (Å²) in [6.07, 6.45) is 0. The van der Waals surface area contributed by atoms with Crippen LogP contribution in [0.3, 0.4) is 0 Å². The Bertz CT molecular complexity index is 986. The SMILES string of the molecule is Cc1cc(N(C)Cc2ccc(C(=N)N)cc2)cc(N(C)Cc2ccc(C(=N)N)cc2)c1. The summed E-state index contributed by atoms with van der Waals surface area (Å²) in [4.78, 5) is 4.43. The minimum atomic E-state index is 0.0854. The summed E-state index contributed by atoms with van der Waals surface area (Å²) >= 11 is 0. The van der Waals surface area contributed by atoms with Gasteiger partial charge in [-0.2, -0.15) is 0 Å². The fourth-order valence-electron chi connectivity index (χ4n) is 3.49. The average Bonchev–Trinajstić information content (AvgIpc) is 2.74. The van der Waals surface area contributed by atoms with Gasteiger partial charge in [0.15, 0.2) is 0 Å². The summed E-state index contributed by atoms with van der Waals surface area (Å²) < 4.78 is 0. The van der Waals surface area contributed by atoms with Crippen molar-refractivity contribution in [1.29, 1.82) is 10.8 Å². The number of nitrogen functional groups attached to an aromatic ring is 2. The maximum Gasteiger partial charge on any atom is 0.122 e. The molecular weight excluding hydrogens is 384 g/mol. The Hall–Kier alpha value is -3.80. The third-order valence-corrected chi connectivity index (χ3v) is 5.30. The molecule has 0 bridgehead atoms. The van der Waals surface area contributed by atoms with Crippen molar-refractivity contribution in [3.63, 3.8) is 0 Å². The number of amidine groups is 2. The van der Waals surface area contributed by atoms with E-state index in [1.165, 1.54) is 5.56 Å². The fourth-order valence-corrected chi connectivity index (χ4v) is 3.49. The second kappa shape index (κ2) is 9.34. The Labute approximate surface area is 184 Å². The van der Waals surface area contributed by atoms with Crippen molar-refractivity contribution in [2.45, 2.75) is 20.0 Å². The number of nitrogens with two attached hydrogens (primary N) is 2. The van der Waals surface area contributed by atoms with Gasteiger partial charge in [-0.15, -0.1) is 0 Å². The Balaban J connectivity index is 1.73. The van der Waals surface area contributed by atoms with Gasteiger partial charge >= 0.3 is 0 Å². The first-order valence-corrected chi connectivity index (χ1v) is 10.1. The summed E-state index contributed by atoms with van der Waals surface area (Å²) in [6, 6.07) is 22.2. The van der Waals surface area contributed by atoms with Crippen LogP contribution in [0.4, 0.5) is 11.4 Å². The maximum atomic E-state index is 7.53. The second-order valence-electron chi connectivity index (χ2n) is 7.96. The van der Waals surface area contributed by atoms with Crippen molar-refractivity contribution in [2.75, 3.05) is 23.9 Å². The van der Waals surface area contributed by atoms with Gasteiger partial charge in [0, 0.05) is 49.7 Å². The van der Waals surface area contributed by atoms with E-state index in [2.05, 4.69) is 49.0 Å². The lowest BCUT2D eigenvalue weighted by molar-refractivity contribution is 0.904. The summed E-state index contributed by atoms with van der Waals surface area (Å²) in [5, 5.41) is 15.1. The van der Waals surface area contributed by atoms with E-state index < -0.39 is 0 Å². The number of nitrogens with one attached hydrogen (secondary N) is 2. The molecule has 0 aliphatic heterocycles. The van der Waals surface area contributed by atoms with Crippen molar-refractivity contribution in [2.24, 2.45) is 11.5 Å². The monoisotopic (exact) mass is 414 g/mol. The van der Waals surface area contributed by atoms with Crippen molar-refractivity contribution in [3.05, 3.63) is 94.5 Å². The van der Waals surface area contributed by atoms with Gasteiger partial charge in [-0.3, -0.25) is 10.8 Å². The van der Waals surface area contributed by atoms with Gasteiger partial charge in [-0.05, 0) is 41.8 Å². The zero-order valence-corrected chi connectivity index (χ0v) is 18.3. The molecule has 0 unspecified atom stereocenters. The van der Waals surface area contributed by atoms with Gasteiger partial charge < -0.3 is 21.3 Å². The van der Waals surface area contributed by atoms with Crippen molar-refractivity contribution >= 4 is 23.0 Å². The van der Waals surface area contributed by atoms with Crippen LogP contribution in [0, 0.1) is 17.7 Å². The molecule has 3 rings (SSSR count). The van der Waals surface area contributed by atoms with Crippen LogP contribution in [0.15, 0.2) is 66.7 Å². The van der Waals surface area contributed by atoms with Crippen molar-refractivity contribution in [3.8, 4) is 0 Å². The molecule has 0 fully saturated rings. The smallest absolute Gasteiger partial charge is 0.122 e. The van der Waals surface area contributed by atoms with Crippen molar-refractivity contribution in [1.82, 2.24) is 0 Å². The molecule has 6 nitrogen and oxygen atoms in total. The molecular formula is C25H30N6. The van der Waals surface area contributed by atoms with E-state index in [-0.39, 0.29) is 11.7 Å². The Morgan fingerprint density at radius 1 is 0.677 bits per heavy atom. The van der Waals surface area contributed by atoms with Gasteiger partial charge in [0.25, 0.3) is 0 Å². The van der Waals surface area contributed by atoms with Crippen LogP contribution in [0.5, 0.6) is 0 Å². The molecule has 6 N–H and O–H groups in total. The normalized spacial score (nSPS) is 10.5. The number of hydrogen-bond donors (Lipinski definition) is 4. The number of aryl methyl sites for hydroxylation is 1. The quantitative estimate of drug-likeness (QED) is 0.332. The van der Waals surface area contributed by atoms with Crippen LogP contribution >= 0.6 is 0 Å². The third-order valence-electron chi connectivity index (χ3n) is 5.30. The van der Waals surface area contributed by atoms with Gasteiger partial charge in [-0.1, -0.05) is 48.5 Å². The topological polar surface area (TPSA) is 106 Å². The van der Waals surface area contributed by atoms with Crippen molar-refractivity contribution < 1.29 is 0 Å². The zero-order valence-electron chi connectivity index (χ0n) is 18.3. The third kappa shape index (κ3) is 5.63. The Morgan fingerprint density at radius 2 is 1.03 bits per heavy atom. The zero-order chi connectivity index (χ0) is 22.5. The molecule has 160 valence electrons. The van der Waals surface area contributed by atoms with Crippen LogP contribution in [-0.2, 0) is 13.1 Å². The van der Waals surface area contributed by atoms with E-state index >= 15 is 0 Å². The highest BCUT2D eigenvalue weighted by atomic mass is 15.1. The molecule has 0 saturated heterocycles. The lowest BCUT2D eigenvalue weighted by Gasteiger charge is -2.25. The van der Waals surface area contributed by atoms with E-state index in [0.717, 1.165) is 46.7 Å². The summed E-state index contributed by atoms with van der Waals surface area (Å²) in [5.74, 6) is 0.171. The molecule has 0 amide bonds. The van der Waals surface area contributed by atoms with Gasteiger partial charge in [-0.25, -0.2) is 0 Å².